The molecule has 106 valence electrons. The summed E-state index contributed by atoms with van der Waals surface area (Å²) in [6.07, 6.45) is 0. The number of phenols is 1. The Balaban J connectivity index is 2.19. The fraction of sp³-hybridized carbons (Fsp3) is 0.0667. The Bertz CT molecular complexity index is 735. The number of aromatic hydroxyl groups is 1. The molecule has 0 aliphatic rings. The molecule has 21 heavy (non-hydrogen) atoms. The molecule has 0 saturated carbocycles. The predicted molar refractivity (Wildman–Crippen MR) is 83.9 cm³/mol. The first-order valence-corrected chi connectivity index (χ1v) is 6.85. The van der Waals surface area contributed by atoms with Crippen LogP contribution in [-0.2, 0) is 0 Å². The maximum absolute atomic E-state index is 12.1. The molecule has 0 unspecified atom stereocenters. The van der Waals surface area contributed by atoms with E-state index < -0.39 is 5.91 Å². The highest BCUT2D eigenvalue weighted by Gasteiger charge is 2.12. The normalized spacial score (nSPS) is 9.62. The summed E-state index contributed by atoms with van der Waals surface area (Å²) < 4.78 is 0.689. The summed E-state index contributed by atoms with van der Waals surface area (Å²) in [5.41, 5.74) is 5.97. The maximum Gasteiger partial charge on any atom is 0.260 e. The van der Waals surface area contributed by atoms with Gasteiger partial charge in [-0.15, -0.1) is 0 Å². The lowest BCUT2D eigenvalue weighted by Gasteiger charge is -2.06. The fourth-order valence-corrected chi connectivity index (χ4v) is 1.94. The van der Waals surface area contributed by atoms with Crippen LogP contribution in [0.15, 0.2) is 40.9 Å². The zero-order valence-corrected chi connectivity index (χ0v) is 12.5. The molecule has 2 rings (SSSR count). The molecule has 0 spiro atoms. The van der Waals surface area contributed by atoms with Crippen LogP contribution >= 0.6 is 15.9 Å². The second kappa shape index (κ2) is 6.88. The highest BCUT2D eigenvalue weighted by atomic mass is 79.9. The Labute approximate surface area is 130 Å². The number of aromatic nitrogens is 1. The van der Waals surface area contributed by atoms with Gasteiger partial charge in [-0.25, -0.2) is 4.98 Å². The number of phenolic OH excluding ortho intramolecular Hbond substituents is 1. The van der Waals surface area contributed by atoms with Crippen molar-refractivity contribution in [2.75, 3.05) is 11.9 Å². The number of carbonyl (C=O) groups excluding carboxylic acids is 1. The molecule has 0 aliphatic heterocycles. The highest BCUT2D eigenvalue weighted by Crippen LogP contribution is 2.23. The number of nitrogens with zero attached hydrogens (tertiary/aromatic N) is 1. The molecule has 4 N–H and O–H groups in total. The van der Waals surface area contributed by atoms with Gasteiger partial charge in [-0.05, 0) is 36.3 Å². The second-order valence-corrected chi connectivity index (χ2v) is 4.95. The van der Waals surface area contributed by atoms with Crippen molar-refractivity contribution < 1.29 is 9.90 Å². The van der Waals surface area contributed by atoms with Crippen LogP contribution in [0.2, 0.25) is 0 Å². The number of anilines is 1. The third-order valence-electron chi connectivity index (χ3n) is 2.51. The van der Waals surface area contributed by atoms with Gasteiger partial charge in [0.15, 0.2) is 0 Å². The minimum atomic E-state index is -0.448. The molecule has 1 aromatic carbocycles. The minimum Gasteiger partial charge on any atom is -0.507 e. The van der Waals surface area contributed by atoms with Gasteiger partial charge >= 0.3 is 0 Å². The van der Waals surface area contributed by atoms with E-state index in [-0.39, 0.29) is 17.9 Å². The fourth-order valence-electron chi connectivity index (χ4n) is 1.60. The van der Waals surface area contributed by atoms with Gasteiger partial charge in [0.25, 0.3) is 5.91 Å². The number of benzene rings is 1. The first-order valence-electron chi connectivity index (χ1n) is 6.06. The lowest BCUT2D eigenvalue weighted by atomic mass is 10.2. The van der Waals surface area contributed by atoms with E-state index in [1.807, 2.05) is 0 Å². The molecule has 1 aromatic heterocycles. The zero-order chi connectivity index (χ0) is 15.2. The highest BCUT2D eigenvalue weighted by molar-refractivity contribution is 9.10. The van der Waals surface area contributed by atoms with Crippen LogP contribution in [0.4, 0.5) is 5.82 Å². The number of carbonyl (C=O) groups is 1. The monoisotopic (exact) mass is 345 g/mol. The Morgan fingerprint density at radius 2 is 2.19 bits per heavy atom. The van der Waals surface area contributed by atoms with Crippen molar-refractivity contribution in [2.24, 2.45) is 5.73 Å². The number of hydrogen-bond donors (Lipinski definition) is 3. The van der Waals surface area contributed by atoms with Gasteiger partial charge < -0.3 is 16.2 Å². The summed E-state index contributed by atoms with van der Waals surface area (Å²) in [6.45, 7) is 0.241. The van der Waals surface area contributed by atoms with E-state index in [0.717, 1.165) is 0 Å². The van der Waals surface area contributed by atoms with Crippen LogP contribution in [0.25, 0.3) is 0 Å². The molecule has 6 heteroatoms. The molecule has 0 radical (unpaired) electrons. The van der Waals surface area contributed by atoms with Crippen molar-refractivity contribution in [3.8, 4) is 17.6 Å². The van der Waals surface area contributed by atoms with Crippen LogP contribution in [0, 0.1) is 11.8 Å². The molecular formula is C15H12BrN3O2. The van der Waals surface area contributed by atoms with Crippen molar-refractivity contribution in [1.82, 2.24) is 4.98 Å². The molecule has 0 bridgehead atoms. The quantitative estimate of drug-likeness (QED) is 0.727. The molecule has 1 heterocycles. The van der Waals surface area contributed by atoms with E-state index in [4.69, 9.17) is 5.73 Å². The van der Waals surface area contributed by atoms with E-state index in [1.165, 1.54) is 12.1 Å². The Hall–Kier alpha value is -2.36. The Kier molecular flexibility index (Phi) is 4.93. The molecular weight excluding hydrogens is 334 g/mol. The van der Waals surface area contributed by atoms with Crippen LogP contribution < -0.4 is 11.1 Å². The van der Waals surface area contributed by atoms with Gasteiger partial charge in [0.2, 0.25) is 0 Å². The third kappa shape index (κ3) is 4.05. The van der Waals surface area contributed by atoms with Gasteiger partial charge in [0.1, 0.15) is 17.3 Å². The van der Waals surface area contributed by atoms with Crippen LogP contribution in [0.1, 0.15) is 16.1 Å². The Morgan fingerprint density at radius 3 is 2.90 bits per heavy atom. The van der Waals surface area contributed by atoms with Gasteiger partial charge in [-0.1, -0.05) is 27.9 Å². The number of hydrogen-bond acceptors (Lipinski definition) is 4. The lowest BCUT2D eigenvalue weighted by molar-refractivity contribution is 0.102. The maximum atomic E-state index is 12.1. The zero-order valence-electron chi connectivity index (χ0n) is 10.9. The summed E-state index contributed by atoms with van der Waals surface area (Å²) >= 11 is 3.22. The minimum absolute atomic E-state index is 0.110. The van der Waals surface area contributed by atoms with Crippen molar-refractivity contribution in [1.29, 1.82) is 0 Å². The largest absolute Gasteiger partial charge is 0.507 e. The molecule has 1 amide bonds. The van der Waals surface area contributed by atoms with Crippen molar-refractivity contribution in [2.45, 2.75) is 0 Å². The van der Waals surface area contributed by atoms with E-state index in [9.17, 15) is 9.90 Å². The number of pyridine rings is 1. The molecule has 2 aromatic rings. The Morgan fingerprint density at radius 1 is 1.38 bits per heavy atom. The van der Waals surface area contributed by atoms with Crippen LogP contribution in [-0.4, -0.2) is 22.5 Å². The summed E-state index contributed by atoms with van der Waals surface area (Å²) in [5.74, 6) is 5.27. The van der Waals surface area contributed by atoms with Gasteiger partial charge in [-0.3, -0.25) is 4.79 Å². The molecule has 0 aliphatic carbocycles. The number of nitrogens with two attached hydrogens (primary N) is 1. The van der Waals surface area contributed by atoms with E-state index >= 15 is 0 Å². The standard InChI is InChI=1S/C15H12BrN3O2/c16-10-6-7-12(13(20)9-10)15(21)19-14-5-1-3-11(18-14)4-2-8-17/h1,3,5-7,9,20H,8,17H2,(H,18,19,21). The van der Waals surface area contributed by atoms with E-state index in [1.54, 1.807) is 24.3 Å². The van der Waals surface area contributed by atoms with Gasteiger partial charge in [-0.2, -0.15) is 0 Å². The smallest absolute Gasteiger partial charge is 0.260 e. The number of nitrogens with one attached hydrogen (secondary N) is 1. The number of amides is 1. The van der Waals surface area contributed by atoms with E-state index in [0.29, 0.717) is 16.0 Å². The molecule has 0 atom stereocenters. The van der Waals surface area contributed by atoms with Crippen molar-refractivity contribution in [3.05, 3.63) is 52.1 Å². The van der Waals surface area contributed by atoms with Gasteiger partial charge in [0, 0.05) is 4.47 Å². The second-order valence-electron chi connectivity index (χ2n) is 4.03. The molecule has 0 fully saturated rings. The molecule has 5 nitrogen and oxygen atoms in total. The van der Waals surface area contributed by atoms with Gasteiger partial charge in [0.05, 0.1) is 12.1 Å². The topological polar surface area (TPSA) is 88.2 Å². The summed E-state index contributed by atoms with van der Waals surface area (Å²) in [5, 5.41) is 12.4. The summed E-state index contributed by atoms with van der Waals surface area (Å²) in [7, 11) is 0. The summed E-state index contributed by atoms with van der Waals surface area (Å²) in [6, 6.07) is 9.73. The first kappa shape index (κ1) is 15.0. The SMILES string of the molecule is NCC#Cc1cccc(NC(=O)c2ccc(Br)cc2O)n1. The van der Waals surface area contributed by atoms with Crippen molar-refractivity contribution >= 4 is 27.7 Å². The van der Waals surface area contributed by atoms with Crippen LogP contribution in [0.5, 0.6) is 5.75 Å². The first-order chi connectivity index (χ1) is 10.1. The average Bonchev–Trinajstić information content (AvgIpc) is 2.45. The predicted octanol–water partition coefficient (Wildman–Crippen LogP) is 2.11. The van der Waals surface area contributed by atoms with E-state index in [2.05, 4.69) is 38.1 Å². The molecule has 0 saturated heterocycles. The number of halogens is 1. The third-order valence-corrected chi connectivity index (χ3v) is 3.01. The van der Waals surface area contributed by atoms with Crippen LogP contribution in [0.3, 0.4) is 0 Å². The average molecular weight is 346 g/mol. The van der Waals surface area contributed by atoms with Crippen molar-refractivity contribution in [3.63, 3.8) is 0 Å². The number of rotatable bonds is 2. The lowest BCUT2D eigenvalue weighted by Crippen LogP contribution is -2.13. The summed E-state index contributed by atoms with van der Waals surface area (Å²) in [4.78, 5) is 16.3.